The van der Waals surface area contributed by atoms with Crippen LogP contribution in [-0.2, 0) is 0 Å². The van der Waals surface area contributed by atoms with Crippen LogP contribution < -0.4 is 11.1 Å². The number of nitrogen functional groups attached to an aromatic ring is 1. The Bertz CT molecular complexity index is 350. The van der Waals surface area contributed by atoms with E-state index in [1.165, 1.54) is 38.4 Å². The molecule has 5 heteroatoms. The second-order valence-electron chi connectivity index (χ2n) is 4.31. The van der Waals surface area contributed by atoms with Gasteiger partial charge in [-0.2, -0.15) is 0 Å². The number of hydrogen-bond donors (Lipinski definition) is 2. The van der Waals surface area contributed by atoms with Crippen molar-refractivity contribution in [2.24, 2.45) is 5.92 Å². The average Bonchev–Trinajstić information content (AvgIpc) is 2.32. The highest BCUT2D eigenvalue weighted by molar-refractivity contribution is 6.32. The molecule has 0 atom stereocenters. The van der Waals surface area contributed by atoms with Crippen molar-refractivity contribution in [2.75, 3.05) is 17.6 Å². The molecule has 0 radical (unpaired) electrons. The molecule has 0 aliphatic heterocycles. The lowest BCUT2D eigenvalue weighted by molar-refractivity contribution is 0.373. The maximum Gasteiger partial charge on any atom is 0.157 e. The van der Waals surface area contributed by atoms with Crippen molar-refractivity contribution in [3.8, 4) is 0 Å². The van der Waals surface area contributed by atoms with Gasteiger partial charge in [-0.1, -0.05) is 30.9 Å². The molecule has 3 N–H and O–H groups in total. The van der Waals surface area contributed by atoms with Gasteiger partial charge in [-0.3, -0.25) is 0 Å². The highest BCUT2D eigenvalue weighted by Crippen LogP contribution is 2.26. The van der Waals surface area contributed by atoms with Crippen LogP contribution in [0.25, 0.3) is 0 Å². The number of aromatic nitrogens is 2. The summed E-state index contributed by atoms with van der Waals surface area (Å²) in [5.74, 6) is 1.40. The summed E-state index contributed by atoms with van der Waals surface area (Å²) in [7, 11) is 0. The minimum absolute atomic E-state index is 0.321. The molecular formula is C11H17ClN4. The fraction of sp³-hybridized carbons (Fsp3) is 0.636. The van der Waals surface area contributed by atoms with Crippen molar-refractivity contribution in [3.05, 3.63) is 11.5 Å². The van der Waals surface area contributed by atoms with Gasteiger partial charge in [-0.25, -0.2) is 9.97 Å². The van der Waals surface area contributed by atoms with Crippen LogP contribution >= 0.6 is 11.6 Å². The first-order valence-corrected chi connectivity index (χ1v) is 6.15. The van der Waals surface area contributed by atoms with Gasteiger partial charge in [0.2, 0.25) is 0 Å². The minimum Gasteiger partial charge on any atom is -0.393 e. The topological polar surface area (TPSA) is 63.8 Å². The van der Waals surface area contributed by atoms with Crippen LogP contribution in [0.2, 0.25) is 5.15 Å². The highest BCUT2D eigenvalue weighted by Gasteiger charge is 2.14. The van der Waals surface area contributed by atoms with E-state index in [2.05, 4.69) is 15.3 Å². The molecule has 4 nitrogen and oxygen atoms in total. The van der Waals surface area contributed by atoms with Crippen molar-refractivity contribution < 1.29 is 0 Å². The third-order valence-corrected chi connectivity index (χ3v) is 3.42. The zero-order valence-electron chi connectivity index (χ0n) is 9.25. The van der Waals surface area contributed by atoms with Gasteiger partial charge in [-0.15, -0.1) is 0 Å². The molecule has 16 heavy (non-hydrogen) atoms. The molecule has 0 aromatic carbocycles. The van der Waals surface area contributed by atoms with E-state index in [-0.39, 0.29) is 0 Å². The zero-order chi connectivity index (χ0) is 11.4. The van der Waals surface area contributed by atoms with E-state index in [4.69, 9.17) is 17.3 Å². The van der Waals surface area contributed by atoms with Crippen molar-refractivity contribution in [3.63, 3.8) is 0 Å². The Hall–Kier alpha value is -1.03. The van der Waals surface area contributed by atoms with Gasteiger partial charge < -0.3 is 11.1 Å². The van der Waals surface area contributed by atoms with E-state index < -0.39 is 0 Å². The molecule has 0 amide bonds. The monoisotopic (exact) mass is 240 g/mol. The van der Waals surface area contributed by atoms with E-state index in [0.717, 1.165) is 12.5 Å². The van der Waals surface area contributed by atoms with Crippen LogP contribution in [0.3, 0.4) is 0 Å². The first kappa shape index (κ1) is 11.5. The molecule has 0 bridgehead atoms. The van der Waals surface area contributed by atoms with E-state index in [1.54, 1.807) is 0 Å². The van der Waals surface area contributed by atoms with Gasteiger partial charge >= 0.3 is 0 Å². The van der Waals surface area contributed by atoms with E-state index in [9.17, 15) is 0 Å². The Balaban J connectivity index is 1.91. The first-order chi connectivity index (χ1) is 7.77. The largest absolute Gasteiger partial charge is 0.393 e. The van der Waals surface area contributed by atoms with Crippen LogP contribution in [0.5, 0.6) is 0 Å². The van der Waals surface area contributed by atoms with Crippen molar-refractivity contribution in [1.29, 1.82) is 0 Å². The summed E-state index contributed by atoms with van der Waals surface area (Å²) in [5, 5.41) is 3.58. The average molecular weight is 241 g/mol. The summed E-state index contributed by atoms with van der Waals surface area (Å²) in [5.41, 5.74) is 6.22. The highest BCUT2D eigenvalue weighted by atomic mass is 35.5. The fourth-order valence-electron chi connectivity index (χ4n) is 2.15. The molecule has 1 saturated carbocycles. The third kappa shape index (κ3) is 2.76. The van der Waals surface area contributed by atoms with Crippen molar-refractivity contribution >= 4 is 23.1 Å². The molecule has 0 unspecified atom stereocenters. The summed E-state index contributed by atoms with van der Waals surface area (Å²) in [6.45, 7) is 0.928. The van der Waals surface area contributed by atoms with Gasteiger partial charge in [-0.05, 0) is 18.8 Å². The molecule has 1 aromatic rings. The first-order valence-electron chi connectivity index (χ1n) is 5.77. The predicted octanol–water partition coefficient (Wildman–Crippen LogP) is 2.70. The number of nitrogens with two attached hydrogens (primary N) is 1. The summed E-state index contributed by atoms with van der Waals surface area (Å²) >= 11 is 5.82. The molecule has 1 aliphatic rings. The predicted molar refractivity (Wildman–Crippen MR) is 66.5 cm³/mol. The van der Waals surface area contributed by atoms with Crippen molar-refractivity contribution in [2.45, 2.75) is 32.1 Å². The maximum atomic E-state index is 5.82. The van der Waals surface area contributed by atoms with Crippen LogP contribution in [0, 0.1) is 5.92 Å². The zero-order valence-corrected chi connectivity index (χ0v) is 10.0. The molecule has 1 heterocycles. The number of hydrogen-bond acceptors (Lipinski definition) is 4. The Kier molecular flexibility index (Phi) is 3.83. The Morgan fingerprint density at radius 3 is 2.81 bits per heavy atom. The lowest BCUT2D eigenvalue weighted by Crippen LogP contribution is -2.18. The molecule has 1 fully saturated rings. The number of nitrogens with one attached hydrogen (secondary N) is 1. The molecule has 1 aromatic heterocycles. The summed E-state index contributed by atoms with van der Waals surface area (Å²) in [4.78, 5) is 7.92. The number of nitrogens with zero attached hydrogens (tertiary/aromatic N) is 2. The fourth-order valence-corrected chi connectivity index (χ4v) is 2.28. The van der Waals surface area contributed by atoms with E-state index >= 15 is 0 Å². The third-order valence-electron chi connectivity index (χ3n) is 3.12. The normalized spacial score (nSPS) is 17.3. The van der Waals surface area contributed by atoms with Crippen LogP contribution in [0.1, 0.15) is 32.1 Å². The molecule has 1 aliphatic carbocycles. The maximum absolute atomic E-state index is 5.82. The van der Waals surface area contributed by atoms with Crippen LogP contribution in [0.15, 0.2) is 6.33 Å². The van der Waals surface area contributed by atoms with Gasteiger partial charge in [0.25, 0.3) is 0 Å². The quantitative estimate of drug-likeness (QED) is 0.798. The minimum atomic E-state index is 0.321. The van der Waals surface area contributed by atoms with Gasteiger partial charge in [0.1, 0.15) is 12.0 Å². The SMILES string of the molecule is Nc1c(Cl)ncnc1NCC1CCCCC1. The Morgan fingerprint density at radius 1 is 1.31 bits per heavy atom. The molecule has 2 rings (SSSR count). The van der Waals surface area contributed by atoms with Crippen molar-refractivity contribution in [1.82, 2.24) is 9.97 Å². The van der Waals surface area contributed by atoms with Gasteiger partial charge in [0.15, 0.2) is 11.0 Å². The molecule has 0 spiro atoms. The smallest absolute Gasteiger partial charge is 0.157 e. The van der Waals surface area contributed by atoms with Gasteiger partial charge in [0, 0.05) is 6.54 Å². The second kappa shape index (κ2) is 5.34. The Labute approximate surface area is 101 Å². The van der Waals surface area contributed by atoms with Gasteiger partial charge in [0.05, 0.1) is 0 Å². The van der Waals surface area contributed by atoms with Crippen LogP contribution in [-0.4, -0.2) is 16.5 Å². The molecule has 0 saturated heterocycles. The summed E-state index contributed by atoms with van der Waals surface area (Å²) < 4.78 is 0. The Morgan fingerprint density at radius 2 is 2.06 bits per heavy atom. The van der Waals surface area contributed by atoms with E-state index in [1.807, 2.05) is 0 Å². The molecule has 88 valence electrons. The molecular weight excluding hydrogens is 224 g/mol. The summed E-state index contributed by atoms with van der Waals surface area (Å²) in [6.07, 6.45) is 8.08. The standard InChI is InChI=1S/C11H17ClN4/c12-10-9(13)11(16-7-15-10)14-6-8-4-2-1-3-5-8/h7-8H,1-6,13H2,(H,14,15,16). The number of halogens is 1. The number of anilines is 2. The van der Waals surface area contributed by atoms with Crippen LogP contribution in [0.4, 0.5) is 11.5 Å². The summed E-state index contributed by atoms with van der Waals surface area (Å²) in [6, 6.07) is 0. The lowest BCUT2D eigenvalue weighted by Gasteiger charge is -2.22. The second-order valence-corrected chi connectivity index (χ2v) is 4.67. The lowest BCUT2D eigenvalue weighted by atomic mass is 9.89. The van der Waals surface area contributed by atoms with E-state index in [0.29, 0.717) is 16.7 Å². The number of rotatable bonds is 3.